The molecule has 0 saturated heterocycles. The van der Waals surface area contributed by atoms with E-state index in [1.54, 1.807) is 19.4 Å². The Morgan fingerprint density at radius 2 is 1.97 bits per heavy atom. The van der Waals surface area contributed by atoms with Crippen molar-refractivity contribution >= 4 is 5.84 Å². The second-order valence-corrected chi connectivity index (χ2v) is 8.86. The summed E-state index contributed by atoms with van der Waals surface area (Å²) >= 11 is 0. The van der Waals surface area contributed by atoms with E-state index in [1.165, 1.54) is 5.56 Å². The summed E-state index contributed by atoms with van der Waals surface area (Å²) in [5.41, 5.74) is 10.2. The Kier molecular flexibility index (Phi) is 4.71. The molecule has 0 radical (unpaired) electrons. The minimum atomic E-state index is -0.751. The van der Waals surface area contributed by atoms with Gasteiger partial charge in [0.15, 0.2) is 11.7 Å². The molecule has 1 aliphatic heterocycles. The quantitative estimate of drug-likeness (QED) is 0.725. The number of ether oxygens (including phenoxy) is 1. The maximum absolute atomic E-state index is 14.7. The molecule has 3 aliphatic rings. The monoisotopic (exact) mass is 415 g/mol. The van der Waals surface area contributed by atoms with E-state index in [4.69, 9.17) is 15.5 Å². The van der Waals surface area contributed by atoms with Gasteiger partial charge in [0, 0.05) is 36.0 Å². The molecule has 4 nitrogen and oxygen atoms in total. The van der Waals surface area contributed by atoms with Crippen LogP contribution in [0.25, 0.3) is 11.1 Å². The highest BCUT2D eigenvalue weighted by Crippen LogP contribution is 2.62. The Morgan fingerprint density at radius 3 is 2.65 bits per heavy atom. The number of aromatic nitrogens is 1. The summed E-state index contributed by atoms with van der Waals surface area (Å²) in [6.45, 7) is 1.81. The van der Waals surface area contributed by atoms with Gasteiger partial charge in [0.25, 0.3) is 0 Å². The van der Waals surface area contributed by atoms with Crippen LogP contribution in [0.15, 0.2) is 53.6 Å². The molecule has 2 heterocycles. The summed E-state index contributed by atoms with van der Waals surface area (Å²) in [7, 11) is 1.77. The van der Waals surface area contributed by atoms with Gasteiger partial charge in [-0.05, 0) is 73.9 Å². The van der Waals surface area contributed by atoms with Crippen molar-refractivity contribution in [3.63, 3.8) is 0 Å². The van der Waals surface area contributed by atoms with E-state index in [9.17, 15) is 4.39 Å². The number of aliphatic imine (C=N–C) groups is 1. The number of methoxy groups -OCH3 is 1. The fraction of sp³-hybridized carbons (Fsp3) is 0.385. The van der Waals surface area contributed by atoms with Crippen molar-refractivity contribution in [1.29, 1.82) is 0 Å². The smallest absolute Gasteiger partial charge is 0.163 e. The minimum absolute atomic E-state index is 0.00776. The van der Waals surface area contributed by atoms with Crippen LogP contribution in [0.2, 0.25) is 0 Å². The zero-order valence-electron chi connectivity index (χ0n) is 17.9. The Morgan fingerprint density at radius 1 is 1.16 bits per heavy atom. The normalized spacial score (nSPS) is 28.8. The fourth-order valence-corrected chi connectivity index (χ4v) is 5.74. The van der Waals surface area contributed by atoms with E-state index >= 15 is 0 Å². The number of benzene rings is 1. The molecule has 5 rings (SSSR count). The van der Waals surface area contributed by atoms with Crippen molar-refractivity contribution < 1.29 is 9.13 Å². The number of halogens is 1. The number of amidine groups is 1. The third-order valence-corrected chi connectivity index (χ3v) is 7.30. The molecule has 1 unspecified atom stereocenters. The van der Waals surface area contributed by atoms with Gasteiger partial charge < -0.3 is 10.5 Å². The summed E-state index contributed by atoms with van der Waals surface area (Å²) in [5.74, 6) is 5.58. The third-order valence-electron chi connectivity index (χ3n) is 7.30. The van der Waals surface area contributed by atoms with Crippen molar-refractivity contribution in [2.45, 2.75) is 50.7 Å². The number of pyridine rings is 1. The molecule has 1 fully saturated rings. The molecular weight excluding hydrogens is 389 g/mol. The lowest BCUT2D eigenvalue weighted by Crippen LogP contribution is -2.43. The van der Waals surface area contributed by atoms with Crippen LogP contribution in [0.5, 0.6) is 0 Å². The van der Waals surface area contributed by atoms with Crippen molar-refractivity contribution in [2.75, 3.05) is 7.11 Å². The van der Waals surface area contributed by atoms with Gasteiger partial charge in [0.2, 0.25) is 0 Å². The van der Waals surface area contributed by atoms with Crippen LogP contribution in [-0.4, -0.2) is 24.0 Å². The first-order chi connectivity index (χ1) is 15.0. The number of nitrogens with two attached hydrogens (primary N) is 1. The van der Waals surface area contributed by atoms with Gasteiger partial charge in [0.1, 0.15) is 5.54 Å². The predicted molar refractivity (Wildman–Crippen MR) is 120 cm³/mol. The highest BCUT2D eigenvalue weighted by atomic mass is 19.1. The zero-order valence-corrected chi connectivity index (χ0v) is 17.9. The van der Waals surface area contributed by atoms with Crippen LogP contribution >= 0.6 is 0 Å². The zero-order chi connectivity index (χ0) is 21.6. The molecule has 31 heavy (non-hydrogen) atoms. The Bertz CT molecular complexity index is 1140. The Hall–Kier alpha value is -2.97. The maximum atomic E-state index is 14.7. The average Bonchev–Trinajstić information content (AvgIpc) is 3.22. The van der Waals surface area contributed by atoms with Crippen molar-refractivity contribution in [2.24, 2.45) is 16.1 Å². The van der Waals surface area contributed by atoms with E-state index in [-0.39, 0.29) is 17.4 Å². The molecule has 2 N–H and O–H groups in total. The van der Waals surface area contributed by atoms with Gasteiger partial charge >= 0.3 is 0 Å². The van der Waals surface area contributed by atoms with Crippen LogP contribution in [0, 0.1) is 17.3 Å². The van der Waals surface area contributed by atoms with Crippen LogP contribution in [-0.2, 0) is 16.7 Å². The summed E-state index contributed by atoms with van der Waals surface area (Å²) in [5, 5.41) is 0. The summed E-state index contributed by atoms with van der Waals surface area (Å²) in [6, 6.07) is 8.47. The van der Waals surface area contributed by atoms with Gasteiger partial charge in [-0.15, -0.1) is 5.92 Å². The van der Waals surface area contributed by atoms with Crippen LogP contribution < -0.4 is 5.73 Å². The lowest BCUT2D eigenvalue weighted by Gasteiger charge is -2.45. The molecule has 2 aromatic rings. The largest absolute Gasteiger partial charge is 0.382 e. The molecule has 2 spiro atoms. The Labute approximate surface area is 182 Å². The number of fused-ring (bicyclic) bond motifs is 3. The molecular formula is C26H26FN3O. The van der Waals surface area contributed by atoms with E-state index in [0.29, 0.717) is 0 Å². The van der Waals surface area contributed by atoms with E-state index in [0.717, 1.165) is 54.4 Å². The predicted octanol–water partition coefficient (Wildman–Crippen LogP) is 4.67. The van der Waals surface area contributed by atoms with Crippen LogP contribution in [0.4, 0.5) is 4.39 Å². The number of rotatable bonds is 2. The topological polar surface area (TPSA) is 60.5 Å². The van der Waals surface area contributed by atoms with Crippen molar-refractivity contribution in [1.82, 2.24) is 4.98 Å². The van der Waals surface area contributed by atoms with E-state index in [2.05, 4.69) is 35.0 Å². The standard InChI is InChI=1S/C26H26FN3O/c1-3-4-17-11-20(16-29-15-17)18-5-6-19-13-25(9-7-21(31-2)8-10-25)26(22(19)12-18)14-23(27)24(28)30-26/h5-6,11-12,14-16,21H,7-10,13H2,1-2H3,(H2,28,30)/t21-,25-,26?. The average molecular weight is 416 g/mol. The van der Waals surface area contributed by atoms with Gasteiger partial charge in [-0.25, -0.2) is 9.38 Å². The lowest BCUT2D eigenvalue weighted by molar-refractivity contribution is 0.00815. The second-order valence-electron chi connectivity index (χ2n) is 8.86. The van der Waals surface area contributed by atoms with Gasteiger partial charge in [-0.2, -0.15) is 0 Å². The van der Waals surface area contributed by atoms with E-state index in [1.807, 2.05) is 19.2 Å². The minimum Gasteiger partial charge on any atom is -0.382 e. The molecule has 0 bridgehead atoms. The maximum Gasteiger partial charge on any atom is 0.163 e. The highest BCUT2D eigenvalue weighted by molar-refractivity contribution is 5.98. The molecule has 2 aliphatic carbocycles. The van der Waals surface area contributed by atoms with Crippen molar-refractivity contribution in [3.8, 4) is 23.0 Å². The molecule has 1 aromatic heterocycles. The third kappa shape index (κ3) is 3.01. The number of hydrogen-bond donors (Lipinski definition) is 1. The van der Waals surface area contributed by atoms with Gasteiger partial charge in [0.05, 0.1) is 6.10 Å². The summed E-state index contributed by atoms with van der Waals surface area (Å²) in [4.78, 5) is 9.15. The molecule has 1 atom stereocenters. The second kappa shape index (κ2) is 7.32. The lowest BCUT2D eigenvalue weighted by atomic mass is 9.62. The number of nitrogens with zero attached hydrogens (tertiary/aromatic N) is 2. The SMILES string of the molecule is CC#Cc1cncc(-c2ccc3c(c2)C2(C=C(F)C(N)=N2)[C@]2(CC[C@H](OC)CC2)C3)c1. The van der Waals surface area contributed by atoms with Gasteiger partial charge in [-0.1, -0.05) is 18.1 Å². The van der Waals surface area contributed by atoms with Gasteiger partial charge in [-0.3, -0.25) is 4.98 Å². The number of hydrogen-bond acceptors (Lipinski definition) is 4. The molecule has 1 saturated carbocycles. The molecule has 1 aromatic carbocycles. The van der Waals surface area contributed by atoms with Crippen molar-refractivity contribution in [3.05, 3.63) is 65.3 Å². The first kappa shape index (κ1) is 20.0. The molecule has 0 amide bonds. The first-order valence-electron chi connectivity index (χ1n) is 10.8. The van der Waals surface area contributed by atoms with E-state index < -0.39 is 11.4 Å². The summed E-state index contributed by atoms with van der Waals surface area (Å²) in [6.07, 6.45) is 10.2. The van der Waals surface area contributed by atoms with Crippen LogP contribution in [0.1, 0.15) is 49.3 Å². The molecule has 5 heteroatoms. The highest BCUT2D eigenvalue weighted by Gasteiger charge is 2.59. The fourth-order valence-electron chi connectivity index (χ4n) is 5.74. The summed E-state index contributed by atoms with van der Waals surface area (Å²) < 4.78 is 20.3. The first-order valence-corrected chi connectivity index (χ1v) is 10.8. The van der Waals surface area contributed by atoms with Crippen LogP contribution in [0.3, 0.4) is 0 Å². The Balaban J connectivity index is 1.63. The molecule has 158 valence electrons.